The lowest BCUT2D eigenvalue weighted by Crippen LogP contribution is -2.51. The molecule has 2 aromatic heterocycles. The highest BCUT2D eigenvalue weighted by Gasteiger charge is 2.33. The Morgan fingerprint density at radius 1 is 1.23 bits per heavy atom. The minimum atomic E-state index is -0.465. The van der Waals surface area contributed by atoms with E-state index in [1.54, 1.807) is 42.9 Å². The molecule has 3 heterocycles. The number of rotatable bonds is 5. The number of benzene rings is 1. The molecule has 0 aliphatic carbocycles. The average molecular weight is 440 g/mol. The third-order valence-corrected chi connectivity index (χ3v) is 5.84. The number of nitrogens with zero attached hydrogens (tertiary/aromatic N) is 4. The fraction of sp³-hybridized carbons (Fsp3) is 0.304. The van der Waals surface area contributed by atoms with Crippen molar-refractivity contribution >= 4 is 23.3 Å². The maximum Gasteiger partial charge on any atom is 0.255 e. The van der Waals surface area contributed by atoms with Gasteiger partial charge in [-0.2, -0.15) is 0 Å². The Labute approximate surface area is 185 Å². The second-order valence-corrected chi connectivity index (χ2v) is 8.13. The molecule has 1 aromatic carbocycles. The number of carbonyl (C=O) groups excluding carboxylic acids is 1. The van der Waals surface area contributed by atoms with Crippen molar-refractivity contribution in [3.05, 3.63) is 71.4 Å². The molecule has 1 amide bonds. The number of carbonyl (C=O) groups is 1. The molecule has 1 N–H and O–H groups in total. The van der Waals surface area contributed by atoms with Crippen molar-refractivity contribution in [3.8, 4) is 11.4 Å². The molecule has 6 nitrogen and oxygen atoms in total. The molecule has 2 atom stereocenters. The van der Waals surface area contributed by atoms with E-state index in [2.05, 4.69) is 27.2 Å². The summed E-state index contributed by atoms with van der Waals surface area (Å²) in [5.74, 6) is 0.689. The van der Waals surface area contributed by atoms with Gasteiger partial charge < -0.3 is 10.2 Å². The van der Waals surface area contributed by atoms with Crippen LogP contribution in [0.2, 0.25) is 5.02 Å². The van der Waals surface area contributed by atoms with Gasteiger partial charge in [-0.1, -0.05) is 18.5 Å². The first-order chi connectivity index (χ1) is 15.0. The lowest BCUT2D eigenvalue weighted by atomic mass is 9.89. The fourth-order valence-electron chi connectivity index (χ4n) is 3.98. The average Bonchev–Trinajstić information content (AvgIpc) is 2.79. The maximum absolute atomic E-state index is 14.1. The lowest BCUT2D eigenvalue weighted by Gasteiger charge is -2.40. The van der Waals surface area contributed by atoms with E-state index in [1.165, 1.54) is 12.1 Å². The summed E-state index contributed by atoms with van der Waals surface area (Å²) >= 11 is 5.91. The largest absolute Gasteiger partial charge is 0.368 e. The summed E-state index contributed by atoms with van der Waals surface area (Å²) in [7, 11) is 0. The van der Waals surface area contributed by atoms with Crippen LogP contribution in [0.1, 0.15) is 30.1 Å². The highest BCUT2D eigenvalue weighted by Crippen LogP contribution is 2.29. The zero-order valence-corrected chi connectivity index (χ0v) is 17.9. The fourth-order valence-corrected chi connectivity index (χ4v) is 4.10. The Kier molecular flexibility index (Phi) is 6.42. The zero-order valence-electron chi connectivity index (χ0n) is 17.1. The molecule has 0 radical (unpaired) electrons. The van der Waals surface area contributed by atoms with Crippen LogP contribution < -0.4 is 5.32 Å². The van der Waals surface area contributed by atoms with E-state index < -0.39 is 5.82 Å². The van der Waals surface area contributed by atoms with Crippen molar-refractivity contribution < 1.29 is 9.18 Å². The van der Waals surface area contributed by atoms with Crippen LogP contribution in [-0.2, 0) is 0 Å². The lowest BCUT2D eigenvalue weighted by molar-refractivity contribution is 0.0540. The van der Waals surface area contributed by atoms with Crippen molar-refractivity contribution in [2.24, 2.45) is 5.92 Å². The summed E-state index contributed by atoms with van der Waals surface area (Å²) in [6.45, 7) is 3.27. The van der Waals surface area contributed by atoms with Crippen molar-refractivity contribution in [2.75, 3.05) is 18.4 Å². The van der Waals surface area contributed by atoms with Crippen LogP contribution in [0.3, 0.4) is 0 Å². The predicted octanol–water partition coefficient (Wildman–Crippen LogP) is 4.68. The SMILES string of the molecule is CC1CCCN(C(=O)c2cc(F)ccc2-c2ncccn2)C1CNc1ccc(Cl)cn1. The molecule has 0 saturated carbocycles. The standard InChI is InChI=1S/C23H23ClFN5O/c1-15-4-2-11-30(20(15)14-29-21-8-5-16(24)13-28-21)23(31)19-12-17(25)6-7-18(19)22-26-9-3-10-27-22/h3,5-10,12-13,15,20H,2,4,11,14H2,1H3,(H,28,29). The van der Waals surface area contributed by atoms with Gasteiger partial charge >= 0.3 is 0 Å². The summed E-state index contributed by atoms with van der Waals surface area (Å²) in [6, 6.07) is 9.38. The normalized spacial score (nSPS) is 18.6. The van der Waals surface area contributed by atoms with E-state index in [9.17, 15) is 9.18 Å². The number of hydrogen-bond acceptors (Lipinski definition) is 5. The molecule has 1 saturated heterocycles. The number of piperidine rings is 1. The second-order valence-electron chi connectivity index (χ2n) is 7.69. The Hall–Kier alpha value is -3.06. The van der Waals surface area contributed by atoms with E-state index in [1.807, 2.05) is 4.90 Å². The molecule has 0 spiro atoms. The van der Waals surface area contributed by atoms with Gasteiger partial charge in [0.25, 0.3) is 5.91 Å². The number of hydrogen-bond donors (Lipinski definition) is 1. The molecule has 1 aliphatic rings. The summed E-state index contributed by atoms with van der Waals surface area (Å²) in [6.07, 6.45) is 6.70. The second kappa shape index (κ2) is 9.39. The highest BCUT2D eigenvalue weighted by molar-refractivity contribution is 6.30. The summed E-state index contributed by atoms with van der Waals surface area (Å²) in [5, 5.41) is 3.87. The van der Waals surface area contributed by atoms with Crippen LogP contribution in [0.4, 0.5) is 10.2 Å². The molecular weight excluding hydrogens is 417 g/mol. The van der Waals surface area contributed by atoms with Gasteiger partial charge in [-0.15, -0.1) is 0 Å². The van der Waals surface area contributed by atoms with Gasteiger partial charge in [0.2, 0.25) is 0 Å². The first-order valence-electron chi connectivity index (χ1n) is 10.3. The van der Waals surface area contributed by atoms with Gasteiger partial charge in [-0.3, -0.25) is 4.79 Å². The number of anilines is 1. The van der Waals surface area contributed by atoms with Gasteiger partial charge in [0.05, 0.1) is 16.6 Å². The van der Waals surface area contributed by atoms with Crippen LogP contribution in [0, 0.1) is 11.7 Å². The van der Waals surface area contributed by atoms with Gasteiger partial charge in [-0.05, 0) is 55.2 Å². The molecule has 1 aliphatic heterocycles. The molecule has 1 fully saturated rings. The quantitative estimate of drug-likeness (QED) is 0.624. The highest BCUT2D eigenvalue weighted by atomic mass is 35.5. The third-order valence-electron chi connectivity index (χ3n) is 5.61. The molecule has 0 bridgehead atoms. The van der Waals surface area contributed by atoms with Gasteiger partial charge in [0, 0.05) is 37.2 Å². The van der Waals surface area contributed by atoms with Crippen LogP contribution in [0.25, 0.3) is 11.4 Å². The molecule has 31 heavy (non-hydrogen) atoms. The molecule has 2 unspecified atom stereocenters. The smallest absolute Gasteiger partial charge is 0.255 e. The first kappa shape index (κ1) is 21.2. The first-order valence-corrected chi connectivity index (χ1v) is 10.6. The van der Waals surface area contributed by atoms with Crippen LogP contribution in [0.15, 0.2) is 55.0 Å². The van der Waals surface area contributed by atoms with Crippen LogP contribution >= 0.6 is 11.6 Å². The molecular formula is C23H23ClFN5O. The maximum atomic E-state index is 14.1. The minimum absolute atomic E-state index is 0.0634. The topological polar surface area (TPSA) is 71.0 Å². The van der Waals surface area contributed by atoms with Crippen molar-refractivity contribution in [2.45, 2.75) is 25.8 Å². The monoisotopic (exact) mass is 439 g/mol. The number of halogens is 2. The van der Waals surface area contributed by atoms with E-state index in [0.717, 1.165) is 12.8 Å². The number of amides is 1. The summed E-state index contributed by atoms with van der Waals surface area (Å²) in [5.41, 5.74) is 0.797. The molecule has 160 valence electrons. The number of pyridine rings is 1. The summed E-state index contributed by atoms with van der Waals surface area (Å²) < 4.78 is 14.1. The number of aromatic nitrogens is 3. The molecule has 4 rings (SSSR count). The Morgan fingerprint density at radius 2 is 2.03 bits per heavy atom. The van der Waals surface area contributed by atoms with E-state index in [-0.39, 0.29) is 23.4 Å². The van der Waals surface area contributed by atoms with Crippen molar-refractivity contribution in [1.82, 2.24) is 19.9 Å². The molecule has 3 aromatic rings. The number of nitrogens with one attached hydrogen (secondary N) is 1. The zero-order chi connectivity index (χ0) is 21.8. The Morgan fingerprint density at radius 3 is 2.77 bits per heavy atom. The van der Waals surface area contributed by atoms with E-state index in [0.29, 0.717) is 35.3 Å². The third kappa shape index (κ3) is 4.82. The van der Waals surface area contributed by atoms with E-state index >= 15 is 0 Å². The Balaban J connectivity index is 1.61. The van der Waals surface area contributed by atoms with Gasteiger partial charge in [0.15, 0.2) is 5.82 Å². The predicted molar refractivity (Wildman–Crippen MR) is 118 cm³/mol. The minimum Gasteiger partial charge on any atom is -0.368 e. The van der Waals surface area contributed by atoms with Gasteiger partial charge in [-0.25, -0.2) is 19.3 Å². The van der Waals surface area contributed by atoms with Gasteiger partial charge in [0.1, 0.15) is 11.6 Å². The Bertz CT molecular complexity index is 1050. The van der Waals surface area contributed by atoms with Crippen molar-refractivity contribution in [3.63, 3.8) is 0 Å². The van der Waals surface area contributed by atoms with Crippen molar-refractivity contribution in [1.29, 1.82) is 0 Å². The number of likely N-dealkylation sites (tertiary alicyclic amines) is 1. The van der Waals surface area contributed by atoms with Crippen LogP contribution in [-0.4, -0.2) is 44.9 Å². The van der Waals surface area contributed by atoms with E-state index in [4.69, 9.17) is 11.6 Å². The molecule has 8 heteroatoms. The van der Waals surface area contributed by atoms with Crippen LogP contribution in [0.5, 0.6) is 0 Å². The summed E-state index contributed by atoms with van der Waals surface area (Å²) in [4.78, 5) is 28.2.